The molecule has 1 aromatic heterocycles. The molecule has 0 aliphatic heterocycles. The first-order valence-corrected chi connectivity index (χ1v) is 7.61. The number of ether oxygens (including phenoxy) is 1. The number of nitrogens with one attached hydrogen (secondary N) is 1. The van der Waals surface area contributed by atoms with E-state index in [1.165, 1.54) is 5.56 Å². The van der Waals surface area contributed by atoms with Crippen molar-refractivity contribution >= 4 is 0 Å². The Morgan fingerprint density at radius 1 is 1.29 bits per heavy atom. The van der Waals surface area contributed by atoms with E-state index in [4.69, 9.17) is 4.74 Å². The zero-order valence-corrected chi connectivity index (χ0v) is 13.2. The van der Waals surface area contributed by atoms with Crippen LogP contribution in [0.5, 0.6) is 5.75 Å². The maximum Gasteiger partial charge on any atom is 0.161 e. The van der Waals surface area contributed by atoms with E-state index in [9.17, 15) is 0 Å². The number of nitrogens with zero attached hydrogens (tertiary/aromatic N) is 2. The summed E-state index contributed by atoms with van der Waals surface area (Å²) < 4.78 is 7.54. The molecular formula is C17H25N3O. The number of aromatic nitrogens is 2. The Bertz CT molecular complexity index is 536. The minimum absolute atomic E-state index is 0.245. The number of hydrogen-bond donors (Lipinski definition) is 1. The number of benzene rings is 1. The van der Waals surface area contributed by atoms with Gasteiger partial charge in [0.05, 0.1) is 25.0 Å². The highest BCUT2D eigenvalue weighted by Crippen LogP contribution is 2.28. The largest absolute Gasteiger partial charge is 0.493 e. The molecule has 1 aromatic carbocycles. The van der Waals surface area contributed by atoms with Gasteiger partial charge in [0.25, 0.3) is 0 Å². The Morgan fingerprint density at radius 2 is 2.05 bits per heavy atom. The lowest BCUT2D eigenvalue weighted by Crippen LogP contribution is -2.22. The Balaban J connectivity index is 2.14. The van der Waals surface area contributed by atoms with Crippen molar-refractivity contribution in [2.75, 3.05) is 14.2 Å². The average molecular weight is 287 g/mol. The molecule has 1 unspecified atom stereocenters. The molecule has 4 nitrogen and oxygen atoms in total. The maximum absolute atomic E-state index is 5.48. The van der Waals surface area contributed by atoms with Crippen LogP contribution in [-0.4, -0.2) is 23.9 Å². The van der Waals surface area contributed by atoms with Gasteiger partial charge >= 0.3 is 0 Å². The second-order valence-electron chi connectivity index (χ2n) is 5.19. The van der Waals surface area contributed by atoms with Crippen molar-refractivity contribution in [1.29, 1.82) is 0 Å². The minimum Gasteiger partial charge on any atom is -0.493 e. The second kappa shape index (κ2) is 7.84. The van der Waals surface area contributed by atoms with Gasteiger partial charge in [0, 0.05) is 6.54 Å². The Hall–Kier alpha value is -1.81. The van der Waals surface area contributed by atoms with Gasteiger partial charge in [0.15, 0.2) is 5.75 Å². The maximum atomic E-state index is 5.48. The fourth-order valence-corrected chi connectivity index (χ4v) is 2.65. The molecule has 0 amide bonds. The van der Waals surface area contributed by atoms with E-state index < -0.39 is 0 Å². The highest BCUT2D eigenvalue weighted by Gasteiger charge is 2.20. The van der Waals surface area contributed by atoms with E-state index in [2.05, 4.69) is 52.4 Å². The Morgan fingerprint density at radius 3 is 2.67 bits per heavy atom. The molecule has 0 radical (unpaired) electrons. The van der Waals surface area contributed by atoms with Crippen LogP contribution in [0.3, 0.4) is 0 Å². The molecule has 0 spiro atoms. The van der Waals surface area contributed by atoms with Crippen molar-refractivity contribution < 1.29 is 4.74 Å². The molecule has 0 saturated heterocycles. The van der Waals surface area contributed by atoms with Crippen molar-refractivity contribution in [2.24, 2.45) is 0 Å². The van der Waals surface area contributed by atoms with Crippen LogP contribution in [0.1, 0.15) is 37.1 Å². The van der Waals surface area contributed by atoms with E-state index >= 15 is 0 Å². The average Bonchev–Trinajstić information content (AvgIpc) is 2.92. The zero-order chi connectivity index (χ0) is 15.1. The molecule has 1 heterocycles. The zero-order valence-electron chi connectivity index (χ0n) is 13.2. The van der Waals surface area contributed by atoms with E-state index in [1.54, 1.807) is 7.11 Å². The van der Waals surface area contributed by atoms with Crippen LogP contribution in [-0.2, 0) is 13.0 Å². The highest BCUT2D eigenvalue weighted by molar-refractivity contribution is 5.28. The van der Waals surface area contributed by atoms with Gasteiger partial charge in [0.1, 0.15) is 0 Å². The lowest BCUT2D eigenvalue weighted by Gasteiger charge is -2.19. The van der Waals surface area contributed by atoms with Crippen LogP contribution in [0.15, 0.2) is 36.5 Å². The molecule has 0 bridgehead atoms. The van der Waals surface area contributed by atoms with Crippen LogP contribution in [0.25, 0.3) is 0 Å². The summed E-state index contributed by atoms with van der Waals surface area (Å²) >= 11 is 0. The van der Waals surface area contributed by atoms with Gasteiger partial charge in [-0.15, -0.1) is 0 Å². The smallest absolute Gasteiger partial charge is 0.161 e. The van der Waals surface area contributed by atoms with Gasteiger partial charge in [-0.05, 0) is 31.9 Å². The first-order chi connectivity index (χ1) is 10.3. The molecule has 2 rings (SSSR count). The number of hydrogen-bond acceptors (Lipinski definition) is 3. The molecule has 21 heavy (non-hydrogen) atoms. The van der Waals surface area contributed by atoms with Crippen molar-refractivity contribution in [2.45, 2.75) is 38.8 Å². The Kier molecular flexibility index (Phi) is 5.81. The molecule has 0 aliphatic carbocycles. The first-order valence-electron chi connectivity index (χ1n) is 7.61. The summed E-state index contributed by atoms with van der Waals surface area (Å²) in [5.41, 5.74) is 2.51. The lowest BCUT2D eigenvalue weighted by molar-refractivity contribution is 0.389. The molecule has 114 valence electrons. The summed E-state index contributed by atoms with van der Waals surface area (Å²) in [6.45, 7) is 3.08. The van der Waals surface area contributed by atoms with Crippen LogP contribution in [0.4, 0.5) is 0 Å². The van der Waals surface area contributed by atoms with E-state index in [-0.39, 0.29) is 6.04 Å². The molecule has 1 N–H and O–H groups in total. The van der Waals surface area contributed by atoms with Crippen LogP contribution < -0.4 is 10.1 Å². The number of rotatable bonds is 8. The van der Waals surface area contributed by atoms with Crippen LogP contribution >= 0.6 is 0 Å². The molecule has 0 fully saturated rings. The summed E-state index contributed by atoms with van der Waals surface area (Å²) in [6.07, 6.45) is 4.93. The van der Waals surface area contributed by atoms with Gasteiger partial charge in [-0.2, -0.15) is 5.10 Å². The highest BCUT2D eigenvalue weighted by atomic mass is 16.5. The molecule has 2 aromatic rings. The first kappa shape index (κ1) is 15.6. The van der Waals surface area contributed by atoms with E-state index in [0.717, 1.165) is 37.3 Å². The normalized spacial score (nSPS) is 12.3. The van der Waals surface area contributed by atoms with Crippen molar-refractivity contribution in [3.05, 3.63) is 47.8 Å². The van der Waals surface area contributed by atoms with E-state index in [0.29, 0.717) is 0 Å². The van der Waals surface area contributed by atoms with Gasteiger partial charge in [-0.3, -0.25) is 4.68 Å². The summed E-state index contributed by atoms with van der Waals surface area (Å²) in [4.78, 5) is 0. The van der Waals surface area contributed by atoms with Gasteiger partial charge < -0.3 is 10.1 Å². The van der Waals surface area contributed by atoms with Gasteiger partial charge in [-0.25, -0.2) is 0 Å². The van der Waals surface area contributed by atoms with Crippen molar-refractivity contribution in [1.82, 2.24) is 15.1 Å². The molecule has 1 atom stereocenters. The van der Waals surface area contributed by atoms with E-state index in [1.807, 2.05) is 13.2 Å². The van der Waals surface area contributed by atoms with Crippen LogP contribution in [0.2, 0.25) is 0 Å². The summed E-state index contributed by atoms with van der Waals surface area (Å²) in [6, 6.07) is 10.8. The van der Waals surface area contributed by atoms with Crippen molar-refractivity contribution in [3.63, 3.8) is 0 Å². The summed E-state index contributed by atoms with van der Waals surface area (Å²) in [7, 11) is 3.71. The quantitative estimate of drug-likeness (QED) is 0.810. The molecule has 0 saturated carbocycles. The summed E-state index contributed by atoms with van der Waals surface area (Å²) in [5, 5.41) is 7.86. The number of aryl methyl sites for hydroxylation is 2. The van der Waals surface area contributed by atoms with Crippen LogP contribution in [0, 0.1) is 0 Å². The predicted molar refractivity (Wildman–Crippen MR) is 85.6 cm³/mol. The predicted octanol–water partition coefficient (Wildman–Crippen LogP) is 3.20. The molecular weight excluding hydrogens is 262 g/mol. The monoisotopic (exact) mass is 287 g/mol. The SMILES string of the molecule is CCCn1ncc(OC)c1C(CCc1ccccc1)NC. The van der Waals surface area contributed by atoms with Gasteiger partial charge in [0.2, 0.25) is 0 Å². The summed E-state index contributed by atoms with van der Waals surface area (Å²) in [5.74, 6) is 0.871. The Labute approximate surface area is 127 Å². The minimum atomic E-state index is 0.245. The van der Waals surface area contributed by atoms with Gasteiger partial charge in [-0.1, -0.05) is 37.3 Å². The standard InChI is InChI=1S/C17H25N3O/c1-4-12-20-17(16(21-3)13-19-20)15(18-2)11-10-14-8-6-5-7-9-14/h5-9,13,15,18H,4,10-12H2,1-3H3. The third-order valence-corrected chi connectivity index (χ3v) is 3.74. The second-order valence-corrected chi connectivity index (χ2v) is 5.19. The third kappa shape index (κ3) is 3.85. The fraction of sp³-hybridized carbons (Fsp3) is 0.471. The molecule has 0 aliphatic rings. The number of methoxy groups -OCH3 is 1. The molecule has 4 heteroatoms. The van der Waals surface area contributed by atoms with Crippen molar-refractivity contribution in [3.8, 4) is 5.75 Å². The fourth-order valence-electron chi connectivity index (χ4n) is 2.65. The third-order valence-electron chi connectivity index (χ3n) is 3.74. The lowest BCUT2D eigenvalue weighted by atomic mass is 10.0. The topological polar surface area (TPSA) is 39.1 Å².